The standard InChI is InChI=1S/C8H13N3O4.ClH/c9-6(12)3-5-8(15)11(2-1-10-5)4-7(13)14;/h5,10H,1-4H2,(H2,9,12)(H,13,14);1H/t5-;/m0./s1. The van der Waals surface area contributed by atoms with Crippen LogP contribution in [0.1, 0.15) is 6.42 Å². The van der Waals surface area contributed by atoms with Gasteiger partial charge in [0.2, 0.25) is 11.8 Å². The Kier molecular flexibility index (Phi) is 5.76. The lowest BCUT2D eigenvalue weighted by atomic mass is 10.1. The monoisotopic (exact) mass is 251 g/mol. The van der Waals surface area contributed by atoms with E-state index in [4.69, 9.17) is 10.8 Å². The van der Waals surface area contributed by atoms with Crippen molar-refractivity contribution in [3.05, 3.63) is 0 Å². The number of aliphatic carboxylic acids is 1. The molecule has 0 spiro atoms. The van der Waals surface area contributed by atoms with Crippen LogP contribution in [0.5, 0.6) is 0 Å². The SMILES string of the molecule is Cl.NC(=O)C[C@@H]1NCCN(CC(=O)O)C1=O. The van der Waals surface area contributed by atoms with Gasteiger partial charge in [-0.15, -0.1) is 12.4 Å². The van der Waals surface area contributed by atoms with E-state index in [1.807, 2.05) is 0 Å². The first-order chi connectivity index (χ1) is 7.00. The highest BCUT2D eigenvalue weighted by atomic mass is 35.5. The Morgan fingerprint density at radius 1 is 1.56 bits per heavy atom. The van der Waals surface area contributed by atoms with Crippen molar-refractivity contribution in [2.24, 2.45) is 5.73 Å². The molecular formula is C8H14ClN3O4. The Bertz CT molecular complexity index is 271. The van der Waals surface area contributed by atoms with Crippen LogP contribution in [0.3, 0.4) is 0 Å². The number of carboxylic acids is 1. The second kappa shape index (κ2) is 6.29. The van der Waals surface area contributed by atoms with Crippen molar-refractivity contribution < 1.29 is 19.5 Å². The number of carbonyl (C=O) groups is 3. The molecule has 92 valence electrons. The van der Waals surface area contributed by atoms with E-state index >= 15 is 0 Å². The molecule has 1 aliphatic rings. The fourth-order valence-corrected chi connectivity index (χ4v) is 1.47. The quantitative estimate of drug-likeness (QED) is 0.544. The van der Waals surface area contributed by atoms with Crippen LogP contribution in [0.15, 0.2) is 0 Å². The van der Waals surface area contributed by atoms with Gasteiger partial charge in [-0.1, -0.05) is 0 Å². The molecule has 7 nitrogen and oxygen atoms in total. The van der Waals surface area contributed by atoms with Crippen molar-refractivity contribution in [2.75, 3.05) is 19.6 Å². The molecule has 1 aliphatic heterocycles. The van der Waals surface area contributed by atoms with Crippen molar-refractivity contribution in [1.29, 1.82) is 0 Å². The number of rotatable bonds is 4. The van der Waals surface area contributed by atoms with Crippen molar-refractivity contribution in [2.45, 2.75) is 12.5 Å². The molecule has 1 saturated heterocycles. The maximum atomic E-state index is 11.6. The lowest BCUT2D eigenvalue weighted by molar-refractivity contribution is -0.147. The summed E-state index contributed by atoms with van der Waals surface area (Å²) in [5, 5.41) is 11.4. The minimum Gasteiger partial charge on any atom is -0.480 e. The summed E-state index contributed by atoms with van der Waals surface area (Å²) in [5.74, 6) is -2.04. The van der Waals surface area contributed by atoms with Crippen LogP contribution < -0.4 is 11.1 Å². The van der Waals surface area contributed by atoms with Gasteiger partial charge in [0.05, 0.1) is 12.5 Å². The largest absolute Gasteiger partial charge is 0.480 e. The van der Waals surface area contributed by atoms with Crippen molar-refractivity contribution in [3.8, 4) is 0 Å². The molecular weight excluding hydrogens is 238 g/mol. The zero-order valence-corrected chi connectivity index (χ0v) is 9.33. The number of amides is 2. The minimum atomic E-state index is -1.07. The first-order valence-electron chi connectivity index (χ1n) is 4.53. The van der Waals surface area contributed by atoms with E-state index in [1.54, 1.807) is 0 Å². The first kappa shape index (κ1) is 14.7. The summed E-state index contributed by atoms with van der Waals surface area (Å²) in [6.45, 7) is 0.465. The van der Waals surface area contributed by atoms with Gasteiger partial charge < -0.3 is 21.1 Å². The smallest absolute Gasteiger partial charge is 0.323 e. The lowest BCUT2D eigenvalue weighted by Crippen LogP contribution is -2.57. The maximum absolute atomic E-state index is 11.6. The van der Waals surface area contributed by atoms with E-state index in [0.717, 1.165) is 0 Å². The molecule has 1 heterocycles. The Labute approximate surface area is 98.4 Å². The maximum Gasteiger partial charge on any atom is 0.323 e. The average molecular weight is 252 g/mol. The summed E-state index contributed by atoms with van der Waals surface area (Å²) >= 11 is 0. The summed E-state index contributed by atoms with van der Waals surface area (Å²) < 4.78 is 0. The fraction of sp³-hybridized carbons (Fsp3) is 0.625. The van der Waals surface area contributed by atoms with Crippen molar-refractivity contribution in [3.63, 3.8) is 0 Å². The molecule has 0 aromatic carbocycles. The number of piperazine rings is 1. The van der Waals surface area contributed by atoms with Gasteiger partial charge in [0, 0.05) is 13.1 Å². The van der Waals surface area contributed by atoms with Gasteiger partial charge in [-0.05, 0) is 0 Å². The fourth-order valence-electron chi connectivity index (χ4n) is 1.47. The Morgan fingerprint density at radius 2 is 2.19 bits per heavy atom. The van der Waals surface area contributed by atoms with Gasteiger partial charge in [-0.2, -0.15) is 0 Å². The van der Waals surface area contributed by atoms with Crippen LogP contribution >= 0.6 is 12.4 Å². The molecule has 0 saturated carbocycles. The molecule has 8 heteroatoms. The third-order valence-corrected chi connectivity index (χ3v) is 2.11. The van der Waals surface area contributed by atoms with Crippen LogP contribution in [0.4, 0.5) is 0 Å². The number of nitrogens with zero attached hydrogens (tertiary/aromatic N) is 1. The molecule has 2 amide bonds. The highest BCUT2D eigenvalue weighted by molar-refractivity contribution is 5.90. The van der Waals surface area contributed by atoms with Gasteiger partial charge in [0.25, 0.3) is 0 Å². The molecule has 0 radical (unpaired) electrons. The number of carboxylic acid groups (broad SMARTS) is 1. The molecule has 0 bridgehead atoms. The highest BCUT2D eigenvalue weighted by Gasteiger charge is 2.30. The Hall–Kier alpha value is -1.34. The first-order valence-corrected chi connectivity index (χ1v) is 4.53. The number of carbonyl (C=O) groups excluding carboxylic acids is 2. The molecule has 0 unspecified atom stereocenters. The molecule has 0 aromatic heterocycles. The predicted molar refractivity (Wildman–Crippen MR) is 57.1 cm³/mol. The van der Waals surface area contributed by atoms with E-state index in [0.29, 0.717) is 13.1 Å². The molecule has 4 N–H and O–H groups in total. The van der Waals surface area contributed by atoms with Gasteiger partial charge in [0.1, 0.15) is 6.54 Å². The number of nitrogens with two attached hydrogens (primary N) is 1. The number of hydrogen-bond donors (Lipinski definition) is 3. The van der Waals surface area contributed by atoms with E-state index < -0.39 is 17.9 Å². The highest BCUT2D eigenvalue weighted by Crippen LogP contribution is 2.04. The zero-order chi connectivity index (χ0) is 11.4. The third-order valence-electron chi connectivity index (χ3n) is 2.11. The average Bonchev–Trinajstić information content (AvgIpc) is 2.10. The molecule has 16 heavy (non-hydrogen) atoms. The van der Waals surface area contributed by atoms with E-state index in [9.17, 15) is 14.4 Å². The van der Waals surface area contributed by atoms with E-state index in [1.165, 1.54) is 4.90 Å². The van der Waals surface area contributed by atoms with Crippen LogP contribution in [-0.4, -0.2) is 53.5 Å². The molecule has 1 atom stereocenters. The Morgan fingerprint density at radius 3 is 2.69 bits per heavy atom. The van der Waals surface area contributed by atoms with Crippen LogP contribution in [0.25, 0.3) is 0 Å². The second-order valence-electron chi connectivity index (χ2n) is 3.33. The number of halogens is 1. The number of primary amides is 1. The summed E-state index contributed by atoms with van der Waals surface area (Å²) in [4.78, 5) is 33.9. The van der Waals surface area contributed by atoms with Crippen LogP contribution in [-0.2, 0) is 14.4 Å². The van der Waals surface area contributed by atoms with Gasteiger partial charge in [-0.25, -0.2) is 0 Å². The normalized spacial score (nSPS) is 20.1. The Balaban J connectivity index is 0.00000225. The van der Waals surface area contributed by atoms with Crippen molar-refractivity contribution >= 4 is 30.2 Å². The van der Waals surface area contributed by atoms with E-state index in [-0.39, 0.29) is 31.3 Å². The topological polar surface area (TPSA) is 113 Å². The summed E-state index contributed by atoms with van der Waals surface area (Å²) in [6, 6.07) is -0.685. The minimum absolute atomic E-state index is 0. The lowest BCUT2D eigenvalue weighted by Gasteiger charge is -2.31. The summed E-state index contributed by atoms with van der Waals surface area (Å²) in [6.07, 6.45) is -0.102. The van der Waals surface area contributed by atoms with Crippen molar-refractivity contribution in [1.82, 2.24) is 10.2 Å². The zero-order valence-electron chi connectivity index (χ0n) is 8.51. The summed E-state index contributed by atoms with van der Waals surface area (Å²) in [7, 11) is 0. The third kappa shape index (κ3) is 4.03. The summed E-state index contributed by atoms with van der Waals surface area (Å²) in [5.41, 5.74) is 4.97. The predicted octanol–water partition coefficient (Wildman–Crippen LogP) is -1.83. The molecule has 1 rings (SSSR count). The van der Waals surface area contributed by atoms with Crippen LogP contribution in [0, 0.1) is 0 Å². The van der Waals surface area contributed by atoms with Crippen LogP contribution in [0.2, 0.25) is 0 Å². The van der Waals surface area contributed by atoms with Gasteiger partial charge in [0.15, 0.2) is 0 Å². The number of hydrogen-bond acceptors (Lipinski definition) is 4. The molecule has 1 fully saturated rings. The second-order valence-corrected chi connectivity index (χ2v) is 3.33. The van der Waals surface area contributed by atoms with Gasteiger partial charge in [-0.3, -0.25) is 14.4 Å². The number of nitrogens with one attached hydrogen (secondary N) is 1. The van der Waals surface area contributed by atoms with Gasteiger partial charge >= 0.3 is 5.97 Å². The van der Waals surface area contributed by atoms with E-state index in [2.05, 4.69) is 5.32 Å². The molecule has 0 aromatic rings. The molecule has 0 aliphatic carbocycles.